The molecule has 0 aliphatic rings. The van der Waals surface area contributed by atoms with Crippen LogP contribution in [0.3, 0.4) is 0 Å². The summed E-state index contributed by atoms with van der Waals surface area (Å²) in [6.45, 7) is 0.0883. The number of aliphatic hydroxyl groups is 2. The summed E-state index contributed by atoms with van der Waals surface area (Å²) in [6.07, 6.45) is 3.39. The van der Waals surface area contributed by atoms with Crippen LogP contribution in [0, 0.1) is 0 Å². The maximum atomic E-state index is 13.6. The summed E-state index contributed by atoms with van der Waals surface area (Å²) in [4.78, 5) is 33.3. The zero-order valence-corrected chi connectivity index (χ0v) is 26.2. The minimum Gasteiger partial charge on any atom is -0.486 e. The number of aromatic nitrogens is 3. The molecule has 0 saturated heterocycles. The van der Waals surface area contributed by atoms with Crippen LogP contribution in [0.1, 0.15) is 5.56 Å². The molecule has 0 amide bonds. The van der Waals surface area contributed by atoms with Crippen molar-refractivity contribution < 1.29 is 24.4 Å². The van der Waals surface area contributed by atoms with Gasteiger partial charge in [0, 0.05) is 62.8 Å². The normalized spacial score (nSPS) is 11.1. The van der Waals surface area contributed by atoms with Gasteiger partial charge in [0.15, 0.2) is 5.75 Å². The molecule has 240 valence electrons. The van der Waals surface area contributed by atoms with E-state index >= 15 is 0 Å². The Morgan fingerprint density at radius 2 is 1.76 bits per heavy atom. The number of hydrogen-bond acceptors (Lipinski definition) is 10. The van der Waals surface area contributed by atoms with Crippen molar-refractivity contribution in [1.82, 2.24) is 14.1 Å². The number of nitrogens with zero attached hydrogens (tertiary/aromatic N) is 4. The lowest BCUT2D eigenvalue weighted by Gasteiger charge is -2.18. The van der Waals surface area contributed by atoms with Crippen molar-refractivity contribution in [2.24, 2.45) is 7.05 Å². The average Bonchev–Trinajstić information content (AvgIpc) is 3.06. The number of methoxy groups -OCH3 is 1. The van der Waals surface area contributed by atoms with E-state index in [1.54, 1.807) is 50.8 Å². The first kappa shape index (κ1) is 32.2. The van der Waals surface area contributed by atoms with E-state index < -0.39 is 0 Å². The van der Waals surface area contributed by atoms with Crippen molar-refractivity contribution in [3.63, 3.8) is 0 Å². The van der Waals surface area contributed by atoms with E-state index in [1.807, 2.05) is 55.4 Å². The second kappa shape index (κ2) is 14.3. The molecule has 0 spiro atoms. The van der Waals surface area contributed by atoms with E-state index in [0.29, 0.717) is 45.9 Å². The molecular formula is C34H37N5O7. The summed E-state index contributed by atoms with van der Waals surface area (Å²) in [5, 5.41) is 24.2. The second-order valence-electron chi connectivity index (χ2n) is 10.7. The maximum Gasteiger partial charge on any atom is 0.274 e. The van der Waals surface area contributed by atoms with Gasteiger partial charge in [0.05, 0.1) is 25.5 Å². The molecular weight excluding hydrogens is 590 g/mol. The van der Waals surface area contributed by atoms with E-state index in [-0.39, 0.29) is 49.1 Å². The van der Waals surface area contributed by atoms with Crippen molar-refractivity contribution in [3.05, 3.63) is 99.3 Å². The summed E-state index contributed by atoms with van der Waals surface area (Å²) in [5.41, 5.74) is 3.04. The first-order chi connectivity index (χ1) is 22.2. The molecule has 5 rings (SSSR count). The molecule has 0 fully saturated rings. The number of aryl methyl sites for hydroxylation is 1. The third-order valence-corrected chi connectivity index (χ3v) is 7.43. The number of pyridine rings is 3. The maximum absolute atomic E-state index is 13.6. The monoisotopic (exact) mass is 627 g/mol. The standard InChI is InChI=1S/C34H37N5O7/c1-37(2)24-8-9-26-22(18-24)12-13-39(33(26)42)29-7-5-6-25(27(29)21-41)23-19-28(34(43)38(3)20-23)35-31-11-10-30(45-15-14-40)32(36-31)46-17-16-44-4/h5-13,18-20,40-41H,14-17,21H2,1-4H3,(H,35,36). The highest BCUT2D eigenvalue weighted by molar-refractivity contribution is 5.85. The predicted molar refractivity (Wildman–Crippen MR) is 178 cm³/mol. The first-order valence-electron chi connectivity index (χ1n) is 14.7. The number of nitrogens with one attached hydrogen (secondary N) is 1. The van der Waals surface area contributed by atoms with Crippen molar-refractivity contribution in [1.29, 1.82) is 0 Å². The van der Waals surface area contributed by atoms with Gasteiger partial charge in [0.1, 0.15) is 24.7 Å². The van der Waals surface area contributed by atoms with Crippen LogP contribution in [0.25, 0.3) is 27.6 Å². The number of hydrogen-bond donors (Lipinski definition) is 3. The summed E-state index contributed by atoms with van der Waals surface area (Å²) < 4.78 is 19.3. The number of anilines is 3. The van der Waals surface area contributed by atoms with E-state index in [0.717, 1.165) is 11.1 Å². The number of aliphatic hydroxyl groups excluding tert-OH is 2. The molecule has 3 heterocycles. The van der Waals surface area contributed by atoms with Gasteiger partial charge in [0.25, 0.3) is 17.0 Å². The Bertz CT molecular complexity index is 1970. The Labute approximate surface area is 265 Å². The van der Waals surface area contributed by atoms with Crippen LogP contribution in [0.15, 0.2) is 82.6 Å². The molecule has 0 saturated carbocycles. The van der Waals surface area contributed by atoms with Gasteiger partial charge in [-0.3, -0.25) is 14.2 Å². The number of rotatable bonds is 13. The minimum absolute atomic E-state index is 0.0622. The first-order valence-corrected chi connectivity index (χ1v) is 14.7. The Hall–Kier alpha value is -5.17. The number of fused-ring (bicyclic) bond motifs is 1. The fourth-order valence-electron chi connectivity index (χ4n) is 5.11. The molecule has 0 aliphatic heterocycles. The van der Waals surface area contributed by atoms with Crippen LogP contribution in [0.5, 0.6) is 11.6 Å². The van der Waals surface area contributed by atoms with Crippen LogP contribution in [-0.4, -0.2) is 72.0 Å². The lowest BCUT2D eigenvalue weighted by atomic mass is 9.99. The van der Waals surface area contributed by atoms with Gasteiger partial charge in [-0.1, -0.05) is 12.1 Å². The quantitative estimate of drug-likeness (QED) is 0.166. The fourth-order valence-corrected chi connectivity index (χ4v) is 5.11. The van der Waals surface area contributed by atoms with E-state index in [4.69, 9.17) is 19.3 Å². The largest absolute Gasteiger partial charge is 0.486 e. The molecule has 12 heteroatoms. The van der Waals surface area contributed by atoms with Gasteiger partial charge in [-0.05, 0) is 59.5 Å². The Kier molecular flexibility index (Phi) is 10.0. The van der Waals surface area contributed by atoms with Crippen LogP contribution < -0.4 is 30.8 Å². The van der Waals surface area contributed by atoms with E-state index in [9.17, 15) is 14.7 Å². The Morgan fingerprint density at radius 1 is 0.935 bits per heavy atom. The highest BCUT2D eigenvalue weighted by Crippen LogP contribution is 2.31. The zero-order valence-electron chi connectivity index (χ0n) is 26.2. The fraction of sp³-hybridized carbons (Fsp3) is 0.265. The summed E-state index contributed by atoms with van der Waals surface area (Å²) >= 11 is 0. The highest BCUT2D eigenvalue weighted by Gasteiger charge is 2.17. The average molecular weight is 628 g/mol. The molecule has 2 aromatic carbocycles. The Morgan fingerprint density at radius 3 is 2.50 bits per heavy atom. The van der Waals surface area contributed by atoms with Gasteiger partial charge in [-0.25, -0.2) is 0 Å². The SMILES string of the molecule is COCCOc1nc(Nc2cc(-c3cccc(-n4ccc5cc(N(C)C)ccc5c4=O)c3CO)cn(C)c2=O)ccc1OCCO. The molecule has 0 unspecified atom stereocenters. The van der Waals surface area contributed by atoms with Crippen molar-refractivity contribution in [3.8, 4) is 28.4 Å². The lowest BCUT2D eigenvalue weighted by molar-refractivity contribution is 0.138. The molecule has 3 aromatic heterocycles. The van der Waals surface area contributed by atoms with Gasteiger partial charge < -0.3 is 39.2 Å². The molecule has 0 aliphatic carbocycles. The minimum atomic E-state index is -0.347. The van der Waals surface area contributed by atoms with Crippen LogP contribution in [-0.2, 0) is 18.4 Å². The summed E-state index contributed by atoms with van der Waals surface area (Å²) in [5.74, 6) is 0.843. The van der Waals surface area contributed by atoms with Gasteiger partial charge in [0.2, 0.25) is 0 Å². The zero-order chi connectivity index (χ0) is 32.8. The molecule has 0 atom stereocenters. The lowest BCUT2D eigenvalue weighted by Crippen LogP contribution is -2.21. The smallest absolute Gasteiger partial charge is 0.274 e. The van der Waals surface area contributed by atoms with Crippen LogP contribution in [0.4, 0.5) is 17.2 Å². The molecule has 46 heavy (non-hydrogen) atoms. The summed E-state index contributed by atoms with van der Waals surface area (Å²) in [6, 6.07) is 17.9. The third kappa shape index (κ3) is 6.74. The van der Waals surface area contributed by atoms with Gasteiger partial charge in [-0.15, -0.1) is 0 Å². The van der Waals surface area contributed by atoms with Crippen LogP contribution >= 0.6 is 0 Å². The molecule has 0 radical (unpaired) electrons. The molecule has 0 bridgehead atoms. The molecule has 5 aromatic rings. The molecule has 3 N–H and O–H groups in total. The molecule has 12 nitrogen and oxygen atoms in total. The Balaban J connectivity index is 1.54. The number of benzene rings is 2. The van der Waals surface area contributed by atoms with Gasteiger partial charge >= 0.3 is 0 Å². The van der Waals surface area contributed by atoms with Crippen molar-refractivity contribution in [2.45, 2.75) is 6.61 Å². The highest BCUT2D eigenvalue weighted by atomic mass is 16.5. The van der Waals surface area contributed by atoms with E-state index in [1.165, 1.54) is 9.13 Å². The summed E-state index contributed by atoms with van der Waals surface area (Å²) in [7, 11) is 7.08. The topological polar surface area (TPSA) is 140 Å². The van der Waals surface area contributed by atoms with E-state index in [2.05, 4.69) is 10.3 Å². The third-order valence-electron chi connectivity index (χ3n) is 7.43. The number of ether oxygens (including phenoxy) is 3. The van der Waals surface area contributed by atoms with Gasteiger partial charge in [-0.2, -0.15) is 4.98 Å². The van der Waals surface area contributed by atoms with Crippen molar-refractivity contribution >= 4 is 28.0 Å². The second-order valence-corrected chi connectivity index (χ2v) is 10.7. The predicted octanol–water partition coefficient (Wildman–Crippen LogP) is 3.45. The van der Waals surface area contributed by atoms with Crippen LogP contribution in [0.2, 0.25) is 0 Å². The van der Waals surface area contributed by atoms with Crippen molar-refractivity contribution in [2.75, 3.05) is 57.8 Å².